The van der Waals surface area contributed by atoms with Gasteiger partial charge >= 0.3 is 18.4 Å². The number of ether oxygens (including phenoxy) is 1. The van der Waals surface area contributed by atoms with E-state index in [2.05, 4.69) is 5.32 Å². The van der Waals surface area contributed by atoms with Crippen molar-refractivity contribution in [2.24, 2.45) is 0 Å². The van der Waals surface area contributed by atoms with Gasteiger partial charge in [0.1, 0.15) is 5.54 Å². The number of urea groups is 1. The molecule has 1 heterocycles. The molecule has 2 aromatic carbocycles. The van der Waals surface area contributed by atoms with Crippen LogP contribution in [0.5, 0.6) is 0 Å². The Hall–Kier alpha value is -2.75. The van der Waals surface area contributed by atoms with E-state index in [-0.39, 0.29) is 30.8 Å². The van der Waals surface area contributed by atoms with Gasteiger partial charge in [-0.2, -0.15) is 26.3 Å². The van der Waals surface area contributed by atoms with Crippen LogP contribution in [-0.2, 0) is 29.2 Å². The molecular weight excluding hydrogens is 426 g/mol. The van der Waals surface area contributed by atoms with E-state index in [9.17, 15) is 31.1 Å². The van der Waals surface area contributed by atoms with Crippen molar-refractivity contribution in [3.8, 4) is 0 Å². The third-order valence-corrected chi connectivity index (χ3v) is 5.07. The summed E-state index contributed by atoms with van der Waals surface area (Å²) in [6, 6.07) is 9.88. The van der Waals surface area contributed by atoms with Crippen molar-refractivity contribution < 1.29 is 35.9 Å². The maximum Gasteiger partial charge on any atom is 0.416 e. The number of rotatable bonds is 6. The summed E-state index contributed by atoms with van der Waals surface area (Å²) >= 11 is 0. The summed E-state index contributed by atoms with van der Waals surface area (Å²) in [6.45, 7) is 1.87. The molecule has 168 valence electrons. The third-order valence-electron chi connectivity index (χ3n) is 5.07. The number of nitrogens with zero attached hydrogens (tertiary/aromatic N) is 1. The summed E-state index contributed by atoms with van der Waals surface area (Å²) in [5, 5.41) is 2.84. The number of alkyl halides is 6. The van der Waals surface area contributed by atoms with Crippen molar-refractivity contribution in [2.75, 3.05) is 19.7 Å². The summed E-state index contributed by atoms with van der Waals surface area (Å²) in [7, 11) is 0. The Kier molecular flexibility index (Phi) is 6.22. The molecule has 0 aromatic heterocycles. The van der Waals surface area contributed by atoms with Crippen LogP contribution in [0.4, 0.5) is 31.1 Å². The largest absolute Gasteiger partial charge is 0.416 e. The van der Waals surface area contributed by atoms with Crippen molar-refractivity contribution in [3.63, 3.8) is 0 Å². The molecule has 31 heavy (non-hydrogen) atoms. The van der Waals surface area contributed by atoms with E-state index >= 15 is 0 Å². The summed E-state index contributed by atoms with van der Waals surface area (Å²) in [4.78, 5) is 13.8. The Morgan fingerprint density at radius 2 is 1.58 bits per heavy atom. The smallest absolute Gasteiger partial charge is 0.374 e. The minimum absolute atomic E-state index is 0.0747. The number of amides is 2. The number of likely N-dealkylation sites (N-methyl/N-ethyl adjacent to an activating group) is 1. The van der Waals surface area contributed by atoms with Crippen LogP contribution in [0.25, 0.3) is 0 Å². The number of hydrogen-bond acceptors (Lipinski definition) is 2. The first-order valence-electron chi connectivity index (χ1n) is 9.43. The Labute approximate surface area is 174 Å². The fourth-order valence-corrected chi connectivity index (χ4v) is 3.51. The minimum Gasteiger partial charge on any atom is -0.374 e. The van der Waals surface area contributed by atoms with Crippen LogP contribution >= 0.6 is 0 Å². The van der Waals surface area contributed by atoms with E-state index in [0.717, 1.165) is 5.56 Å². The quantitative estimate of drug-likeness (QED) is 0.622. The molecule has 3 rings (SSSR count). The standard InChI is InChI=1S/C21H20F6N2O2/c1-2-29-12-19(28-18(29)30,15-6-4-3-5-7-15)13-31-11-14-8-16(20(22,23)24)10-17(9-14)21(25,26)27/h3-10H,2,11-13H2,1H3,(H,28,30)/t19-/m1/s1. The van der Waals surface area contributed by atoms with Gasteiger partial charge in [-0.15, -0.1) is 0 Å². The molecule has 2 aromatic rings. The lowest BCUT2D eigenvalue weighted by Crippen LogP contribution is -2.44. The third kappa shape index (κ3) is 5.12. The van der Waals surface area contributed by atoms with E-state index in [1.165, 1.54) is 0 Å². The SMILES string of the molecule is CCN1C[C@@](COCc2cc(C(F)(F)F)cc(C(F)(F)F)c2)(c2ccccc2)NC1=O. The predicted octanol–water partition coefficient (Wildman–Crippen LogP) is 5.18. The molecule has 1 aliphatic heterocycles. The Balaban J connectivity index is 1.84. The number of hydrogen-bond donors (Lipinski definition) is 1. The molecule has 0 saturated carbocycles. The highest BCUT2D eigenvalue weighted by atomic mass is 19.4. The van der Waals surface area contributed by atoms with E-state index < -0.39 is 35.6 Å². The lowest BCUT2D eigenvalue weighted by atomic mass is 9.91. The van der Waals surface area contributed by atoms with E-state index in [4.69, 9.17) is 4.74 Å². The molecule has 0 radical (unpaired) electrons. The lowest BCUT2D eigenvalue weighted by Gasteiger charge is -2.29. The van der Waals surface area contributed by atoms with Crippen molar-refractivity contribution in [3.05, 3.63) is 70.8 Å². The number of nitrogens with one attached hydrogen (secondary N) is 1. The average Bonchev–Trinajstić information content (AvgIpc) is 3.04. The van der Waals surface area contributed by atoms with Gasteiger partial charge < -0.3 is 15.0 Å². The van der Waals surface area contributed by atoms with Gasteiger partial charge in [-0.1, -0.05) is 30.3 Å². The predicted molar refractivity (Wildman–Crippen MR) is 100 cm³/mol. The molecular formula is C21H20F6N2O2. The molecule has 0 aliphatic carbocycles. The maximum absolute atomic E-state index is 13.1. The first-order valence-corrected chi connectivity index (χ1v) is 9.43. The van der Waals surface area contributed by atoms with Crippen LogP contribution in [0, 0.1) is 0 Å². The molecule has 2 amide bonds. The van der Waals surface area contributed by atoms with Crippen molar-refractivity contribution >= 4 is 6.03 Å². The van der Waals surface area contributed by atoms with Gasteiger partial charge in [-0.05, 0) is 36.2 Å². The maximum atomic E-state index is 13.1. The van der Waals surface area contributed by atoms with Gasteiger partial charge in [0.05, 0.1) is 30.9 Å². The van der Waals surface area contributed by atoms with Gasteiger partial charge in [0.15, 0.2) is 0 Å². The van der Waals surface area contributed by atoms with E-state index in [1.54, 1.807) is 42.2 Å². The number of benzene rings is 2. The molecule has 4 nitrogen and oxygen atoms in total. The normalized spacial score (nSPS) is 19.6. The number of carbonyl (C=O) groups is 1. The first-order chi connectivity index (χ1) is 14.4. The van der Waals surface area contributed by atoms with Crippen LogP contribution in [0.3, 0.4) is 0 Å². The van der Waals surface area contributed by atoms with Crippen LogP contribution in [0.1, 0.15) is 29.2 Å². The second kappa shape index (κ2) is 8.41. The van der Waals surface area contributed by atoms with E-state index in [0.29, 0.717) is 18.7 Å². The van der Waals surface area contributed by atoms with Crippen LogP contribution < -0.4 is 5.32 Å². The van der Waals surface area contributed by atoms with Gasteiger partial charge in [-0.3, -0.25) is 0 Å². The van der Waals surface area contributed by atoms with Gasteiger partial charge in [0.2, 0.25) is 0 Å². The molecule has 1 fully saturated rings. The molecule has 0 unspecified atom stereocenters. The second-order valence-corrected chi connectivity index (χ2v) is 7.30. The second-order valence-electron chi connectivity index (χ2n) is 7.30. The van der Waals surface area contributed by atoms with Gasteiger partial charge in [0, 0.05) is 6.54 Å². The summed E-state index contributed by atoms with van der Waals surface area (Å²) in [5.74, 6) is 0. The highest BCUT2D eigenvalue weighted by Crippen LogP contribution is 2.36. The average molecular weight is 446 g/mol. The van der Waals surface area contributed by atoms with Crippen LogP contribution in [-0.4, -0.2) is 30.6 Å². The molecule has 1 saturated heterocycles. The van der Waals surface area contributed by atoms with Crippen molar-refractivity contribution in [1.29, 1.82) is 0 Å². The van der Waals surface area contributed by atoms with Crippen LogP contribution in [0.15, 0.2) is 48.5 Å². The number of halogens is 6. The molecule has 1 atom stereocenters. The first kappa shape index (κ1) is 22.9. The zero-order valence-electron chi connectivity index (χ0n) is 16.5. The fraction of sp³-hybridized carbons (Fsp3) is 0.381. The lowest BCUT2D eigenvalue weighted by molar-refractivity contribution is -0.143. The zero-order valence-corrected chi connectivity index (χ0v) is 16.5. The van der Waals surface area contributed by atoms with Crippen molar-refractivity contribution in [2.45, 2.75) is 31.4 Å². The monoisotopic (exact) mass is 446 g/mol. The minimum atomic E-state index is -4.93. The van der Waals surface area contributed by atoms with Crippen molar-refractivity contribution in [1.82, 2.24) is 10.2 Å². The summed E-state index contributed by atoms with van der Waals surface area (Å²) < 4.78 is 83.9. The molecule has 1 aliphatic rings. The topological polar surface area (TPSA) is 41.6 Å². The Bertz CT molecular complexity index is 897. The molecule has 0 bridgehead atoms. The van der Waals surface area contributed by atoms with E-state index in [1.807, 2.05) is 0 Å². The van der Waals surface area contributed by atoms with Crippen LogP contribution in [0.2, 0.25) is 0 Å². The fourth-order valence-electron chi connectivity index (χ4n) is 3.51. The zero-order chi connectivity index (χ0) is 22.9. The number of carbonyl (C=O) groups excluding carboxylic acids is 1. The highest BCUT2D eigenvalue weighted by molar-refractivity contribution is 5.78. The Morgan fingerprint density at radius 3 is 2.06 bits per heavy atom. The Morgan fingerprint density at radius 1 is 1.00 bits per heavy atom. The molecule has 0 spiro atoms. The molecule has 10 heteroatoms. The van der Waals surface area contributed by atoms with Gasteiger partial charge in [0.25, 0.3) is 0 Å². The summed E-state index contributed by atoms with van der Waals surface area (Å²) in [5.41, 5.74) is -3.31. The highest BCUT2D eigenvalue weighted by Gasteiger charge is 2.43. The van der Waals surface area contributed by atoms with Gasteiger partial charge in [-0.25, -0.2) is 4.79 Å². The summed E-state index contributed by atoms with van der Waals surface area (Å²) in [6.07, 6.45) is -9.86. The molecule has 1 N–H and O–H groups in total.